The Morgan fingerprint density at radius 1 is 0.929 bits per heavy atom. The monoisotopic (exact) mass is 381 g/mol. The number of hydrogen-bond donors (Lipinski definition) is 0. The van der Waals surface area contributed by atoms with E-state index in [0.717, 1.165) is 53.2 Å². The van der Waals surface area contributed by atoms with E-state index in [1.54, 1.807) is 14.2 Å². The zero-order chi connectivity index (χ0) is 19.3. The Bertz CT molecular complexity index is 936. The molecule has 0 saturated carbocycles. The summed E-state index contributed by atoms with van der Waals surface area (Å²) in [5.41, 5.74) is 5.06. The first-order valence-electron chi connectivity index (χ1n) is 9.67. The van der Waals surface area contributed by atoms with Crippen LogP contribution in [0.1, 0.15) is 32.6 Å². The Morgan fingerprint density at radius 2 is 1.68 bits per heavy atom. The lowest BCUT2D eigenvalue weighted by Gasteiger charge is -2.30. The molecule has 0 aromatic heterocycles. The summed E-state index contributed by atoms with van der Waals surface area (Å²) in [4.78, 5) is 15.4. The molecule has 0 radical (unpaired) electrons. The fourth-order valence-electron chi connectivity index (χ4n) is 4.43. The number of carbonyl (C=O) groups is 1. The van der Waals surface area contributed by atoms with E-state index < -0.39 is 0 Å². The van der Waals surface area contributed by atoms with Gasteiger partial charge < -0.3 is 23.8 Å². The van der Waals surface area contributed by atoms with Crippen molar-refractivity contribution in [1.29, 1.82) is 0 Å². The molecule has 2 aromatic carbocycles. The van der Waals surface area contributed by atoms with Gasteiger partial charge in [0.05, 0.1) is 33.0 Å². The maximum absolute atomic E-state index is 13.5. The topological polar surface area (TPSA) is 57.2 Å². The van der Waals surface area contributed by atoms with Crippen LogP contribution in [0.2, 0.25) is 0 Å². The highest BCUT2D eigenvalue weighted by atomic mass is 16.5. The molecule has 146 valence electrons. The molecule has 6 nitrogen and oxygen atoms in total. The molecule has 5 rings (SSSR count). The highest BCUT2D eigenvalue weighted by Crippen LogP contribution is 2.42. The van der Waals surface area contributed by atoms with Crippen molar-refractivity contribution < 1.29 is 23.7 Å². The van der Waals surface area contributed by atoms with Gasteiger partial charge in [-0.15, -0.1) is 0 Å². The van der Waals surface area contributed by atoms with Crippen LogP contribution in [0.3, 0.4) is 0 Å². The zero-order valence-electron chi connectivity index (χ0n) is 16.2. The molecule has 28 heavy (non-hydrogen) atoms. The van der Waals surface area contributed by atoms with Crippen LogP contribution >= 0.6 is 0 Å². The summed E-state index contributed by atoms with van der Waals surface area (Å²) >= 11 is 0. The molecule has 0 spiro atoms. The molecule has 3 aliphatic heterocycles. The average Bonchev–Trinajstić information content (AvgIpc) is 3.38. The van der Waals surface area contributed by atoms with E-state index in [9.17, 15) is 4.79 Å². The van der Waals surface area contributed by atoms with Crippen molar-refractivity contribution in [3.05, 3.63) is 46.0 Å². The maximum atomic E-state index is 13.5. The molecule has 0 fully saturated rings. The number of rotatable bonds is 3. The molecular weight excluding hydrogens is 358 g/mol. The first kappa shape index (κ1) is 17.2. The van der Waals surface area contributed by atoms with E-state index in [0.29, 0.717) is 37.6 Å². The van der Waals surface area contributed by atoms with Gasteiger partial charge in [0.2, 0.25) is 0 Å². The SMILES string of the molecule is COc1cc2c(cc1OC)CN(C(=O)c1c3c(cc4c1OCC4)OCC3)CC2. The van der Waals surface area contributed by atoms with Crippen LogP contribution in [0.5, 0.6) is 23.0 Å². The van der Waals surface area contributed by atoms with Gasteiger partial charge in [-0.1, -0.05) is 0 Å². The van der Waals surface area contributed by atoms with Gasteiger partial charge in [0.1, 0.15) is 11.5 Å². The molecule has 1 amide bonds. The summed E-state index contributed by atoms with van der Waals surface area (Å²) in [7, 11) is 3.27. The molecule has 0 saturated heterocycles. The number of benzene rings is 2. The zero-order valence-corrected chi connectivity index (χ0v) is 16.2. The second-order valence-corrected chi connectivity index (χ2v) is 7.37. The summed E-state index contributed by atoms with van der Waals surface area (Å²) < 4.78 is 22.5. The predicted molar refractivity (Wildman–Crippen MR) is 103 cm³/mol. The van der Waals surface area contributed by atoms with Crippen LogP contribution in [-0.2, 0) is 25.8 Å². The van der Waals surface area contributed by atoms with Crippen molar-refractivity contribution in [2.24, 2.45) is 0 Å². The molecule has 0 atom stereocenters. The lowest BCUT2D eigenvalue weighted by molar-refractivity contribution is 0.0730. The lowest BCUT2D eigenvalue weighted by Crippen LogP contribution is -2.36. The Hall–Kier alpha value is -2.89. The van der Waals surface area contributed by atoms with Gasteiger partial charge in [-0.2, -0.15) is 0 Å². The van der Waals surface area contributed by atoms with E-state index in [4.69, 9.17) is 18.9 Å². The summed E-state index contributed by atoms with van der Waals surface area (Å²) in [6, 6.07) is 6.04. The fourth-order valence-corrected chi connectivity index (χ4v) is 4.43. The van der Waals surface area contributed by atoms with E-state index >= 15 is 0 Å². The molecule has 0 aliphatic carbocycles. The van der Waals surface area contributed by atoms with Crippen molar-refractivity contribution in [2.45, 2.75) is 25.8 Å². The highest BCUT2D eigenvalue weighted by molar-refractivity contribution is 6.00. The van der Waals surface area contributed by atoms with Crippen LogP contribution < -0.4 is 18.9 Å². The molecule has 0 bridgehead atoms. The standard InChI is InChI=1S/C22H23NO5/c1-25-18-9-13-3-6-23(12-15(13)11-19(18)26-2)22(24)20-16-5-8-27-17(16)10-14-4-7-28-21(14)20/h9-11H,3-8,12H2,1-2H3. The van der Waals surface area contributed by atoms with Crippen molar-refractivity contribution in [3.63, 3.8) is 0 Å². The predicted octanol–water partition coefficient (Wildman–Crippen LogP) is 2.77. The minimum atomic E-state index is 0.0286. The Labute approximate surface area is 163 Å². The average molecular weight is 381 g/mol. The lowest BCUT2D eigenvalue weighted by atomic mass is 9.95. The summed E-state index contributed by atoms with van der Waals surface area (Å²) in [5, 5.41) is 0. The number of amides is 1. The van der Waals surface area contributed by atoms with Crippen LogP contribution in [0.4, 0.5) is 0 Å². The van der Waals surface area contributed by atoms with Gasteiger partial charge in [0.25, 0.3) is 5.91 Å². The number of methoxy groups -OCH3 is 2. The number of ether oxygens (including phenoxy) is 4. The number of carbonyl (C=O) groups excluding carboxylic acids is 1. The van der Waals surface area contributed by atoms with E-state index in [-0.39, 0.29) is 5.91 Å². The van der Waals surface area contributed by atoms with Crippen molar-refractivity contribution in [3.8, 4) is 23.0 Å². The first-order valence-corrected chi connectivity index (χ1v) is 9.67. The summed E-state index contributed by atoms with van der Waals surface area (Å²) in [6.07, 6.45) is 2.37. The first-order chi connectivity index (χ1) is 13.7. The molecule has 3 heterocycles. The molecule has 3 aliphatic rings. The minimum Gasteiger partial charge on any atom is -0.493 e. The highest BCUT2D eigenvalue weighted by Gasteiger charge is 2.33. The Balaban J connectivity index is 1.50. The Kier molecular flexibility index (Phi) is 4.07. The van der Waals surface area contributed by atoms with E-state index in [1.807, 2.05) is 23.1 Å². The van der Waals surface area contributed by atoms with Gasteiger partial charge >= 0.3 is 0 Å². The molecule has 6 heteroatoms. The van der Waals surface area contributed by atoms with Crippen molar-refractivity contribution in [2.75, 3.05) is 34.0 Å². The van der Waals surface area contributed by atoms with Crippen LogP contribution in [0.15, 0.2) is 18.2 Å². The van der Waals surface area contributed by atoms with E-state index in [1.165, 1.54) is 5.56 Å². The van der Waals surface area contributed by atoms with Gasteiger partial charge in [0.15, 0.2) is 11.5 Å². The number of hydrogen-bond acceptors (Lipinski definition) is 5. The molecular formula is C22H23NO5. The van der Waals surface area contributed by atoms with Gasteiger partial charge in [0, 0.05) is 37.1 Å². The normalized spacial score (nSPS) is 16.6. The molecule has 2 aromatic rings. The smallest absolute Gasteiger partial charge is 0.258 e. The fraction of sp³-hybridized carbons (Fsp3) is 0.409. The largest absolute Gasteiger partial charge is 0.493 e. The third-order valence-corrected chi connectivity index (χ3v) is 5.87. The van der Waals surface area contributed by atoms with Crippen molar-refractivity contribution >= 4 is 5.91 Å². The third kappa shape index (κ3) is 2.58. The minimum absolute atomic E-state index is 0.0286. The van der Waals surface area contributed by atoms with Gasteiger partial charge in [-0.25, -0.2) is 0 Å². The number of fused-ring (bicyclic) bond motifs is 3. The van der Waals surface area contributed by atoms with Crippen LogP contribution in [0, 0.1) is 0 Å². The quantitative estimate of drug-likeness (QED) is 0.818. The second kappa shape index (κ2) is 6.62. The van der Waals surface area contributed by atoms with Crippen molar-refractivity contribution in [1.82, 2.24) is 4.90 Å². The van der Waals surface area contributed by atoms with Crippen LogP contribution in [0.25, 0.3) is 0 Å². The third-order valence-electron chi connectivity index (χ3n) is 5.87. The number of nitrogens with zero attached hydrogens (tertiary/aromatic N) is 1. The summed E-state index contributed by atoms with van der Waals surface area (Å²) in [6.45, 7) is 2.46. The van der Waals surface area contributed by atoms with Gasteiger partial charge in [-0.05, 0) is 35.7 Å². The maximum Gasteiger partial charge on any atom is 0.258 e. The summed E-state index contributed by atoms with van der Waals surface area (Å²) in [5.74, 6) is 3.05. The van der Waals surface area contributed by atoms with Crippen LogP contribution in [-0.4, -0.2) is 44.8 Å². The van der Waals surface area contributed by atoms with E-state index in [2.05, 4.69) is 0 Å². The van der Waals surface area contributed by atoms with Gasteiger partial charge in [-0.3, -0.25) is 4.79 Å². The Morgan fingerprint density at radius 3 is 2.46 bits per heavy atom. The molecule has 0 N–H and O–H groups in total. The second-order valence-electron chi connectivity index (χ2n) is 7.37. The molecule has 0 unspecified atom stereocenters.